The van der Waals surface area contributed by atoms with Crippen molar-refractivity contribution in [2.45, 2.75) is 39.3 Å². The van der Waals surface area contributed by atoms with E-state index in [9.17, 15) is 14.5 Å². The van der Waals surface area contributed by atoms with Crippen LogP contribution in [0.2, 0.25) is 0 Å². The Labute approximate surface area is 112 Å². The highest BCUT2D eigenvalue weighted by Gasteiger charge is 2.27. The minimum Gasteiger partial charge on any atom is -0.296 e. The third kappa shape index (κ3) is 3.50. The van der Waals surface area contributed by atoms with Crippen molar-refractivity contribution in [2.24, 2.45) is 5.92 Å². The Kier molecular flexibility index (Phi) is 4.14. The molecule has 0 heterocycles. The van der Waals surface area contributed by atoms with Crippen molar-refractivity contribution in [1.29, 1.82) is 0 Å². The van der Waals surface area contributed by atoms with E-state index in [0.717, 1.165) is 6.54 Å². The number of rotatable bonds is 6. The van der Waals surface area contributed by atoms with Crippen molar-refractivity contribution >= 4 is 5.69 Å². The van der Waals surface area contributed by atoms with Crippen LogP contribution in [0, 0.1) is 21.8 Å². The van der Waals surface area contributed by atoms with Gasteiger partial charge in [0.2, 0.25) is 5.82 Å². The van der Waals surface area contributed by atoms with Crippen LogP contribution in [0.1, 0.15) is 32.3 Å². The number of nitrogens with zero attached hydrogens (tertiary/aromatic N) is 2. The molecule has 2 rings (SSSR count). The molecule has 0 aliphatic heterocycles. The smallest absolute Gasteiger partial charge is 0.296 e. The third-order valence-electron chi connectivity index (χ3n) is 3.55. The normalized spacial score (nSPS) is 15.2. The minimum atomic E-state index is -0.700. The Hall–Kier alpha value is -1.49. The molecule has 0 spiro atoms. The summed E-state index contributed by atoms with van der Waals surface area (Å²) in [5.41, 5.74) is -0.0313. The lowest BCUT2D eigenvalue weighted by molar-refractivity contribution is -0.387. The monoisotopic (exact) mass is 266 g/mol. The lowest BCUT2D eigenvalue weighted by atomic mass is 10.1. The van der Waals surface area contributed by atoms with Gasteiger partial charge in [-0.2, -0.15) is 4.39 Å². The second-order valence-electron chi connectivity index (χ2n) is 5.47. The van der Waals surface area contributed by atoms with Crippen LogP contribution >= 0.6 is 0 Å². The summed E-state index contributed by atoms with van der Waals surface area (Å²) in [4.78, 5) is 12.2. The summed E-state index contributed by atoms with van der Waals surface area (Å²) in [6, 6.07) is 4.69. The van der Waals surface area contributed by atoms with Gasteiger partial charge in [0.1, 0.15) is 0 Å². The lowest BCUT2D eigenvalue weighted by Gasteiger charge is -2.26. The number of halogens is 1. The van der Waals surface area contributed by atoms with Crippen LogP contribution in [0.25, 0.3) is 0 Å². The summed E-state index contributed by atoms with van der Waals surface area (Å²) in [6.07, 6.45) is 2.47. The molecule has 1 aliphatic carbocycles. The second-order valence-corrected chi connectivity index (χ2v) is 5.47. The largest absolute Gasteiger partial charge is 0.305 e. The molecule has 1 fully saturated rings. The van der Waals surface area contributed by atoms with Crippen molar-refractivity contribution in [1.82, 2.24) is 4.90 Å². The maximum absolute atomic E-state index is 14.0. The van der Waals surface area contributed by atoms with Crippen LogP contribution < -0.4 is 0 Å². The summed E-state index contributed by atoms with van der Waals surface area (Å²) >= 11 is 0. The average Bonchev–Trinajstić information content (AvgIpc) is 3.14. The van der Waals surface area contributed by atoms with E-state index in [1.165, 1.54) is 18.9 Å². The van der Waals surface area contributed by atoms with E-state index in [1.54, 1.807) is 12.1 Å². The van der Waals surface area contributed by atoms with Gasteiger partial charge in [0.15, 0.2) is 0 Å². The molecule has 4 nitrogen and oxygen atoms in total. The van der Waals surface area contributed by atoms with Crippen molar-refractivity contribution in [3.8, 4) is 0 Å². The molecule has 0 unspecified atom stereocenters. The molecule has 5 heteroatoms. The summed E-state index contributed by atoms with van der Waals surface area (Å²) in [6.45, 7) is 5.51. The van der Waals surface area contributed by atoms with Gasteiger partial charge >= 0.3 is 5.69 Å². The van der Waals surface area contributed by atoms with E-state index in [2.05, 4.69) is 18.7 Å². The first-order valence-electron chi connectivity index (χ1n) is 6.65. The number of nitro groups is 1. The SMILES string of the molecule is CC(C)N(Cc1cccc([N+](=O)[O-])c1F)CC1CC1. The molecular weight excluding hydrogens is 247 g/mol. The minimum absolute atomic E-state index is 0.305. The molecule has 1 aromatic rings. The van der Waals surface area contributed by atoms with Crippen LogP contribution in [-0.4, -0.2) is 22.4 Å². The molecule has 0 saturated heterocycles. The number of hydrogen-bond donors (Lipinski definition) is 0. The highest BCUT2D eigenvalue weighted by molar-refractivity contribution is 5.36. The summed E-state index contributed by atoms with van der Waals surface area (Å²) in [7, 11) is 0. The quantitative estimate of drug-likeness (QED) is 0.586. The lowest BCUT2D eigenvalue weighted by Crippen LogP contribution is -2.32. The summed E-state index contributed by atoms with van der Waals surface area (Å²) in [5, 5.41) is 10.7. The van der Waals surface area contributed by atoms with E-state index in [4.69, 9.17) is 0 Å². The standard InChI is InChI=1S/C14H19FN2O2/c1-10(2)16(8-11-6-7-11)9-12-4-3-5-13(14(12)15)17(18)19/h3-5,10-11H,6-9H2,1-2H3. The van der Waals surface area contributed by atoms with Crippen molar-refractivity contribution < 1.29 is 9.31 Å². The highest BCUT2D eigenvalue weighted by atomic mass is 19.1. The van der Waals surface area contributed by atoms with Gasteiger partial charge in [0.05, 0.1) is 4.92 Å². The molecule has 1 aromatic carbocycles. The zero-order valence-electron chi connectivity index (χ0n) is 11.3. The van der Waals surface area contributed by atoms with Crippen molar-refractivity contribution in [3.05, 3.63) is 39.7 Å². The van der Waals surface area contributed by atoms with E-state index < -0.39 is 16.4 Å². The van der Waals surface area contributed by atoms with Gasteiger partial charge in [-0.3, -0.25) is 15.0 Å². The fraction of sp³-hybridized carbons (Fsp3) is 0.571. The maximum Gasteiger partial charge on any atom is 0.305 e. The molecule has 0 amide bonds. The second kappa shape index (κ2) is 5.65. The first-order chi connectivity index (χ1) is 8.99. The van der Waals surface area contributed by atoms with Crippen LogP contribution in [0.15, 0.2) is 18.2 Å². The fourth-order valence-electron chi connectivity index (χ4n) is 2.14. The van der Waals surface area contributed by atoms with Gasteiger partial charge < -0.3 is 0 Å². The van der Waals surface area contributed by atoms with Crippen LogP contribution in [0.5, 0.6) is 0 Å². The first-order valence-corrected chi connectivity index (χ1v) is 6.65. The van der Waals surface area contributed by atoms with Crippen molar-refractivity contribution in [2.75, 3.05) is 6.54 Å². The molecule has 104 valence electrons. The predicted molar refractivity (Wildman–Crippen MR) is 71.3 cm³/mol. The fourth-order valence-corrected chi connectivity index (χ4v) is 2.14. The van der Waals surface area contributed by atoms with E-state index >= 15 is 0 Å². The van der Waals surface area contributed by atoms with Crippen molar-refractivity contribution in [3.63, 3.8) is 0 Å². The van der Waals surface area contributed by atoms with E-state index in [1.807, 2.05) is 0 Å². The zero-order chi connectivity index (χ0) is 14.0. The van der Waals surface area contributed by atoms with Gasteiger partial charge in [-0.15, -0.1) is 0 Å². The average molecular weight is 266 g/mol. The molecule has 19 heavy (non-hydrogen) atoms. The van der Waals surface area contributed by atoms with Gasteiger partial charge in [0, 0.05) is 30.8 Å². The molecule has 0 bridgehead atoms. The Morgan fingerprint density at radius 3 is 2.68 bits per heavy atom. The Morgan fingerprint density at radius 1 is 1.47 bits per heavy atom. The molecule has 0 atom stereocenters. The Bertz CT molecular complexity index is 473. The first kappa shape index (κ1) is 13.9. The molecule has 0 radical (unpaired) electrons. The van der Waals surface area contributed by atoms with Gasteiger partial charge in [0.25, 0.3) is 0 Å². The molecular formula is C14H19FN2O2. The topological polar surface area (TPSA) is 46.4 Å². The third-order valence-corrected chi connectivity index (χ3v) is 3.55. The zero-order valence-corrected chi connectivity index (χ0v) is 11.3. The summed E-state index contributed by atoms with van der Waals surface area (Å²) < 4.78 is 14.0. The molecule has 1 saturated carbocycles. The molecule has 0 aromatic heterocycles. The van der Waals surface area contributed by atoms with Crippen LogP contribution in [0.4, 0.5) is 10.1 Å². The van der Waals surface area contributed by atoms with Gasteiger partial charge in [-0.25, -0.2) is 0 Å². The number of nitro benzene ring substituents is 1. The number of hydrogen-bond acceptors (Lipinski definition) is 3. The Balaban J connectivity index is 2.15. The van der Waals surface area contributed by atoms with Crippen LogP contribution in [-0.2, 0) is 6.54 Å². The predicted octanol–water partition coefficient (Wildman–Crippen LogP) is 3.35. The number of benzene rings is 1. The maximum atomic E-state index is 14.0. The van der Waals surface area contributed by atoms with Gasteiger partial charge in [-0.05, 0) is 32.6 Å². The van der Waals surface area contributed by atoms with E-state index in [0.29, 0.717) is 24.1 Å². The summed E-state index contributed by atoms with van der Waals surface area (Å²) in [5.74, 6) is 0.0121. The highest BCUT2D eigenvalue weighted by Crippen LogP contribution is 2.31. The van der Waals surface area contributed by atoms with E-state index in [-0.39, 0.29) is 0 Å². The van der Waals surface area contributed by atoms with Crippen LogP contribution in [0.3, 0.4) is 0 Å². The van der Waals surface area contributed by atoms with Gasteiger partial charge in [-0.1, -0.05) is 12.1 Å². The molecule has 1 aliphatic rings. The molecule has 0 N–H and O–H groups in total. The Morgan fingerprint density at radius 2 is 2.16 bits per heavy atom.